The molecule has 1 spiro atoms. The topological polar surface area (TPSA) is 0 Å². The zero-order valence-electron chi connectivity index (χ0n) is 6.90. The Morgan fingerprint density at radius 1 is 1.27 bits per heavy atom. The summed E-state index contributed by atoms with van der Waals surface area (Å²) in [4.78, 5) is 0. The van der Waals surface area contributed by atoms with Gasteiger partial charge >= 0.3 is 0 Å². The second kappa shape index (κ2) is 1.48. The molecular formula is C11H14. The van der Waals surface area contributed by atoms with Crippen molar-refractivity contribution in [1.82, 2.24) is 0 Å². The van der Waals surface area contributed by atoms with E-state index < -0.39 is 0 Å². The van der Waals surface area contributed by atoms with Gasteiger partial charge in [0.2, 0.25) is 0 Å². The van der Waals surface area contributed by atoms with Crippen molar-refractivity contribution in [1.29, 1.82) is 0 Å². The van der Waals surface area contributed by atoms with Crippen molar-refractivity contribution in [2.75, 3.05) is 0 Å². The molecular weight excluding hydrogens is 132 g/mol. The molecule has 0 saturated heterocycles. The number of hydrogen-bond donors (Lipinski definition) is 0. The van der Waals surface area contributed by atoms with E-state index in [1.165, 1.54) is 32.1 Å². The molecule has 0 nitrogen and oxygen atoms in total. The standard InChI is InChI=1S/C11H14/c1-2-10-8-9(10)11(10)6-4-3-5-7-11/h2,8H,1,3-7H2. The summed E-state index contributed by atoms with van der Waals surface area (Å²) in [5.74, 6) is 0. The molecule has 0 N–H and O–H groups in total. The van der Waals surface area contributed by atoms with Crippen LogP contribution in [0.5, 0.6) is 0 Å². The number of allylic oxidation sites excluding steroid dienone is 3. The molecule has 0 radical (unpaired) electrons. The lowest BCUT2D eigenvalue weighted by Gasteiger charge is -2.26. The average Bonchev–Trinajstić information content (AvgIpc) is 2.92. The van der Waals surface area contributed by atoms with Gasteiger partial charge in [-0.15, -0.1) is 6.58 Å². The third-order valence-electron chi connectivity index (χ3n) is 4.01. The molecule has 1 atom stereocenters. The van der Waals surface area contributed by atoms with Crippen molar-refractivity contribution >= 4 is 0 Å². The van der Waals surface area contributed by atoms with Gasteiger partial charge in [-0.1, -0.05) is 37.0 Å². The van der Waals surface area contributed by atoms with Crippen LogP contribution in [0.1, 0.15) is 32.1 Å². The van der Waals surface area contributed by atoms with Crippen molar-refractivity contribution in [3.8, 4) is 0 Å². The third-order valence-corrected chi connectivity index (χ3v) is 4.01. The zero-order valence-corrected chi connectivity index (χ0v) is 6.90. The third kappa shape index (κ3) is 0.446. The van der Waals surface area contributed by atoms with E-state index in [2.05, 4.69) is 18.7 Å². The fourth-order valence-corrected chi connectivity index (χ4v) is 3.18. The Morgan fingerprint density at radius 3 is 2.45 bits per heavy atom. The van der Waals surface area contributed by atoms with Crippen molar-refractivity contribution in [3.63, 3.8) is 0 Å². The Kier molecular flexibility index (Phi) is 0.812. The fourth-order valence-electron chi connectivity index (χ4n) is 3.18. The fraction of sp³-hybridized carbons (Fsp3) is 0.636. The van der Waals surface area contributed by atoms with Crippen LogP contribution >= 0.6 is 0 Å². The van der Waals surface area contributed by atoms with E-state index in [0.29, 0.717) is 10.8 Å². The highest BCUT2D eigenvalue weighted by molar-refractivity contribution is 5.70. The first kappa shape index (κ1) is 6.05. The minimum atomic E-state index is 0.480. The van der Waals surface area contributed by atoms with Gasteiger partial charge in [0, 0.05) is 10.8 Å². The normalized spacial score (nSPS) is 42.7. The summed E-state index contributed by atoms with van der Waals surface area (Å²) in [6.07, 6.45) is 11.8. The van der Waals surface area contributed by atoms with Gasteiger partial charge in [0.1, 0.15) is 0 Å². The maximum absolute atomic E-state index is 3.93. The number of hydrogen-bond acceptors (Lipinski definition) is 0. The average molecular weight is 146 g/mol. The Bertz CT molecular complexity index is 253. The van der Waals surface area contributed by atoms with Gasteiger partial charge in [0.05, 0.1) is 0 Å². The first-order valence-corrected chi connectivity index (χ1v) is 4.73. The summed E-state index contributed by atoms with van der Waals surface area (Å²) in [5, 5.41) is 0. The predicted octanol–water partition coefficient (Wildman–Crippen LogP) is 3.06. The summed E-state index contributed by atoms with van der Waals surface area (Å²) < 4.78 is 0. The highest BCUT2D eigenvalue weighted by Gasteiger charge is 2.77. The van der Waals surface area contributed by atoms with Crippen LogP contribution in [-0.2, 0) is 0 Å². The molecule has 2 saturated carbocycles. The maximum Gasteiger partial charge on any atom is 0.0372 e. The Balaban J connectivity index is 1.89. The van der Waals surface area contributed by atoms with Gasteiger partial charge in [-0.3, -0.25) is 0 Å². The molecule has 3 aliphatic carbocycles. The predicted molar refractivity (Wildman–Crippen MR) is 46.2 cm³/mol. The van der Waals surface area contributed by atoms with Gasteiger partial charge in [-0.05, 0) is 12.8 Å². The van der Waals surface area contributed by atoms with Crippen molar-refractivity contribution < 1.29 is 0 Å². The lowest BCUT2D eigenvalue weighted by Crippen LogP contribution is -2.16. The van der Waals surface area contributed by atoms with E-state index in [0.717, 1.165) is 0 Å². The first-order chi connectivity index (χ1) is 5.36. The second-order valence-corrected chi connectivity index (χ2v) is 4.27. The molecule has 0 aromatic rings. The van der Waals surface area contributed by atoms with Crippen LogP contribution < -0.4 is 0 Å². The second-order valence-electron chi connectivity index (χ2n) is 4.27. The van der Waals surface area contributed by atoms with Crippen LogP contribution in [-0.4, -0.2) is 0 Å². The lowest BCUT2D eigenvalue weighted by molar-refractivity contribution is 0.295. The van der Waals surface area contributed by atoms with Crippen molar-refractivity contribution in [2.45, 2.75) is 32.1 Å². The molecule has 1 unspecified atom stereocenters. The van der Waals surface area contributed by atoms with Gasteiger partial charge in [-0.2, -0.15) is 0 Å². The minimum absolute atomic E-state index is 0.480. The first-order valence-electron chi connectivity index (χ1n) is 4.73. The summed E-state index contributed by atoms with van der Waals surface area (Å²) in [6, 6.07) is 0. The molecule has 3 aliphatic rings. The summed E-state index contributed by atoms with van der Waals surface area (Å²) in [7, 11) is 0. The highest BCUT2D eigenvalue weighted by Crippen LogP contribution is 2.86. The molecule has 11 heavy (non-hydrogen) atoms. The smallest absolute Gasteiger partial charge is 0.0372 e. The molecule has 0 heteroatoms. The lowest BCUT2D eigenvalue weighted by atomic mass is 9.77. The van der Waals surface area contributed by atoms with Crippen LogP contribution in [0.2, 0.25) is 0 Å². The van der Waals surface area contributed by atoms with E-state index in [1.54, 1.807) is 5.57 Å². The number of fused-ring (bicyclic) bond motifs is 3. The molecule has 0 aliphatic heterocycles. The molecule has 0 bridgehead atoms. The van der Waals surface area contributed by atoms with E-state index in [4.69, 9.17) is 0 Å². The molecule has 3 rings (SSSR count). The van der Waals surface area contributed by atoms with Crippen molar-refractivity contribution in [2.24, 2.45) is 10.8 Å². The number of rotatable bonds is 1. The van der Waals surface area contributed by atoms with Gasteiger partial charge < -0.3 is 0 Å². The van der Waals surface area contributed by atoms with Gasteiger partial charge in [0.15, 0.2) is 0 Å². The van der Waals surface area contributed by atoms with Crippen LogP contribution in [0.3, 0.4) is 0 Å². The monoisotopic (exact) mass is 146 g/mol. The van der Waals surface area contributed by atoms with E-state index in [-0.39, 0.29) is 0 Å². The molecule has 58 valence electrons. The molecule has 0 aromatic heterocycles. The summed E-state index contributed by atoms with van der Waals surface area (Å²) in [6.45, 7) is 3.93. The van der Waals surface area contributed by atoms with E-state index >= 15 is 0 Å². The Labute approximate surface area is 68.0 Å². The largest absolute Gasteiger partial charge is 0.102 e. The van der Waals surface area contributed by atoms with Gasteiger partial charge in [0.25, 0.3) is 0 Å². The van der Waals surface area contributed by atoms with Gasteiger partial charge in [-0.25, -0.2) is 0 Å². The molecule has 0 amide bonds. The maximum atomic E-state index is 3.93. The van der Waals surface area contributed by atoms with Crippen LogP contribution in [0.4, 0.5) is 0 Å². The SMILES string of the molecule is C=CC12C=C1C21CCCCC1. The molecule has 0 heterocycles. The van der Waals surface area contributed by atoms with E-state index in [9.17, 15) is 0 Å². The molecule has 0 aromatic carbocycles. The Morgan fingerprint density at radius 2 is 2.00 bits per heavy atom. The van der Waals surface area contributed by atoms with Crippen LogP contribution in [0, 0.1) is 10.8 Å². The summed E-state index contributed by atoms with van der Waals surface area (Å²) in [5.41, 5.74) is 2.89. The van der Waals surface area contributed by atoms with Crippen molar-refractivity contribution in [3.05, 3.63) is 24.3 Å². The molecule has 2 fully saturated rings. The zero-order chi connectivity index (χ0) is 7.53. The minimum Gasteiger partial charge on any atom is -0.102 e. The summed E-state index contributed by atoms with van der Waals surface area (Å²) >= 11 is 0. The Hall–Kier alpha value is -0.520. The quantitative estimate of drug-likeness (QED) is 0.499. The van der Waals surface area contributed by atoms with Crippen LogP contribution in [0.15, 0.2) is 24.3 Å². The van der Waals surface area contributed by atoms with E-state index in [1.807, 2.05) is 0 Å². The van der Waals surface area contributed by atoms with Crippen LogP contribution in [0.25, 0.3) is 0 Å². The highest BCUT2D eigenvalue weighted by atomic mass is 14.8.